The summed E-state index contributed by atoms with van der Waals surface area (Å²) < 4.78 is 8.20. The second kappa shape index (κ2) is 6.50. The molecule has 0 radical (unpaired) electrons. The van der Waals surface area contributed by atoms with Crippen molar-refractivity contribution in [3.8, 4) is 5.75 Å². The summed E-state index contributed by atoms with van der Waals surface area (Å²) in [5.41, 5.74) is 3.29. The van der Waals surface area contributed by atoms with E-state index in [1.165, 1.54) is 5.56 Å². The van der Waals surface area contributed by atoms with E-state index in [1.807, 2.05) is 36.7 Å². The van der Waals surface area contributed by atoms with Crippen molar-refractivity contribution in [3.63, 3.8) is 0 Å². The molecule has 0 spiro atoms. The molecule has 2 aromatic heterocycles. The lowest BCUT2D eigenvalue weighted by Crippen LogP contribution is -2.26. The Morgan fingerprint density at radius 1 is 1.22 bits per heavy atom. The van der Waals surface area contributed by atoms with Crippen LogP contribution < -0.4 is 4.74 Å². The topological polar surface area (TPSA) is 43.2 Å². The fourth-order valence-electron chi connectivity index (χ4n) is 4.46. The van der Waals surface area contributed by atoms with Crippen LogP contribution in [0.25, 0.3) is 11.0 Å². The van der Waals surface area contributed by atoms with Crippen LogP contribution >= 0.6 is 11.6 Å². The maximum atomic E-state index is 6.24. The summed E-state index contributed by atoms with van der Waals surface area (Å²) in [5, 5.41) is 0.698. The van der Waals surface area contributed by atoms with Crippen LogP contribution in [0.1, 0.15) is 11.4 Å². The maximum absolute atomic E-state index is 6.24. The molecule has 2 aliphatic rings. The molecule has 1 saturated heterocycles. The first kappa shape index (κ1) is 17.0. The number of fused-ring (bicyclic) bond motifs is 2. The van der Waals surface area contributed by atoms with E-state index < -0.39 is 0 Å². The molecule has 0 bridgehead atoms. The summed E-state index contributed by atoms with van der Waals surface area (Å²) in [6.45, 7) is 5.98. The zero-order chi connectivity index (χ0) is 18.5. The largest absolute Gasteiger partial charge is 0.492 e. The minimum absolute atomic E-state index is 0.655. The van der Waals surface area contributed by atoms with E-state index in [2.05, 4.69) is 28.4 Å². The van der Waals surface area contributed by atoms with Gasteiger partial charge in [-0.25, -0.2) is 4.98 Å². The zero-order valence-corrected chi connectivity index (χ0v) is 16.4. The van der Waals surface area contributed by atoms with E-state index in [4.69, 9.17) is 21.3 Å². The Hall–Kier alpha value is -2.11. The monoisotopic (exact) mass is 382 g/mol. The number of nitrogens with zero attached hydrogens (tertiary/aromatic N) is 4. The van der Waals surface area contributed by atoms with Crippen molar-refractivity contribution < 1.29 is 4.74 Å². The number of halogens is 1. The number of aryl methyl sites for hydroxylation is 2. The van der Waals surface area contributed by atoms with Gasteiger partial charge >= 0.3 is 0 Å². The molecule has 140 valence electrons. The molecule has 3 atom stereocenters. The van der Waals surface area contributed by atoms with Crippen molar-refractivity contribution in [2.45, 2.75) is 13.5 Å². The van der Waals surface area contributed by atoms with Crippen LogP contribution in [0.3, 0.4) is 0 Å². The number of likely N-dealkylation sites (tertiary alicyclic amines) is 1. The third-order valence-electron chi connectivity index (χ3n) is 6.11. The van der Waals surface area contributed by atoms with Crippen LogP contribution in [0.15, 0.2) is 36.7 Å². The number of hydrogen-bond acceptors (Lipinski definition) is 4. The third kappa shape index (κ3) is 3.09. The predicted molar refractivity (Wildman–Crippen MR) is 106 cm³/mol. The van der Waals surface area contributed by atoms with E-state index in [0.29, 0.717) is 10.9 Å². The average Bonchev–Trinajstić information content (AvgIpc) is 2.98. The number of rotatable bonds is 5. The molecule has 1 aliphatic carbocycles. The number of ether oxygens (including phenoxy) is 1. The quantitative estimate of drug-likeness (QED) is 0.675. The Kier molecular flexibility index (Phi) is 4.10. The lowest BCUT2D eigenvalue weighted by atomic mass is 10.2. The fraction of sp³-hybridized carbons (Fsp3) is 0.429. The van der Waals surface area contributed by atoms with Gasteiger partial charge in [0.05, 0.1) is 29.9 Å². The van der Waals surface area contributed by atoms with Gasteiger partial charge in [0, 0.05) is 32.3 Å². The summed E-state index contributed by atoms with van der Waals surface area (Å²) in [7, 11) is 2.09. The average molecular weight is 383 g/mol. The molecule has 0 N–H and O–H groups in total. The van der Waals surface area contributed by atoms with Gasteiger partial charge in [0.2, 0.25) is 0 Å². The first-order valence-corrected chi connectivity index (χ1v) is 9.84. The Balaban J connectivity index is 1.17. The van der Waals surface area contributed by atoms with Gasteiger partial charge in [-0.15, -0.1) is 0 Å². The molecule has 2 fully saturated rings. The van der Waals surface area contributed by atoms with E-state index in [9.17, 15) is 0 Å². The SMILES string of the molecule is Cc1ccc(Cl)c(OCC2[C@H]3CN(Cc4nc5cnccc5n4C)C[C@@H]23)c1. The number of piperidine rings is 1. The van der Waals surface area contributed by atoms with Crippen LogP contribution in [0.5, 0.6) is 5.75 Å². The minimum Gasteiger partial charge on any atom is -0.492 e. The molecular formula is C21H23ClN4O. The third-order valence-corrected chi connectivity index (χ3v) is 6.42. The molecule has 6 heteroatoms. The van der Waals surface area contributed by atoms with Gasteiger partial charge in [-0.1, -0.05) is 17.7 Å². The smallest absolute Gasteiger partial charge is 0.138 e. The number of benzene rings is 1. The molecule has 1 saturated carbocycles. The lowest BCUT2D eigenvalue weighted by Gasteiger charge is -2.19. The van der Waals surface area contributed by atoms with Gasteiger partial charge in [0.25, 0.3) is 0 Å². The molecule has 1 aliphatic heterocycles. The van der Waals surface area contributed by atoms with Gasteiger partial charge in [-0.3, -0.25) is 9.88 Å². The lowest BCUT2D eigenvalue weighted by molar-refractivity contribution is 0.226. The second-order valence-corrected chi connectivity index (χ2v) is 8.29. The van der Waals surface area contributed by atoms with Crippen LogP contribution in [-0.2, 0) is 13.6 Å². The molecule has 5 nitrogen and oxygen atoms in total. The highest BCUT2D eigenvalue weighted by Gasteiger charge is 2.55. The van der Waals surface area contributed by atoms with E-state index in [-0.39, 0.29) is 0 Å². The predicted octanol–water partition coefficient (Wildman–Crippen LogP) is 3.69. The van der Waals surface area contributed by atoms with Gasteiger partial charge in [-0.2, -0.15) is 0 Å². The van der Waals surface area contributed by atoms with Crippen molar-refractivity contribution in [3.05, 3.63) is 53.1 Å². The van der Waals surface area contributed by atoms with Crippen molar-refractivity contribution in [2.24, 2.45) is 24.8 Å². The maximum Gasteiger partial charge on any atom is 0.138 e. The van der Waals surface area contributed by atoms with E-state index >= 15 is 0 Å². The van der Waals surface area contributed by atoms with E-state index in [0.717, 1.165) is 60.7 Å². The van der Waals surface area contributed by atoms with Gasteiger partial charge < -0.3 is 9.30 Å². The summed E-state index contributed by atoms with van der Waals surface area (Å²) in [6, 6.07) is 7.97. The Bertz CT molecular complexity index is 989. The molecular weight excluding hydrogens is 360 g/mol. The molecule has 5 rings (SSSR count). The number of pyridine rings is 1. The first-order valence-electron chi connectivity index (χ1n) is 9.47. The Labute approximate surface area is 163 Å². The number of imidazole rings is 1. The highest BCUT2D eigenvalue weighted by atomic mass is 35.5. The van der Waals surface area contributed by atoms with Crippen LogP contribution in [0, 0.1) is 24.7 Å². The molecule has 0 amide bonds. The molecule has 1 unspecified atom stereocenters. The standard InChI is InChI=1S/C21H23ClN4O/c1-13-3-4-17(22)20(7-13)27-12-16-14-9-26(10-15(14)16)11-21-24-18-8-23-6-5-19(18)25(21)2/h3-8,14-16H,9-12H2,1-2H3/t14-,15+,16?. The van der Waals surface area contributed by atoms with Gasteiger partial charge in [0.15, 0.2) is 0 Å². The van der Waals surface area contributed by atoms with Crippen molar-refractivity contribution in [1.29, 1.82) is 0 Å². The zero-order valence-electron chi connectivity index (χ0n) is 15.6. The Morgan fingerprint density at radius 2 is 2.04 bits per heavy atom. The van der Waals surface area contributed by atoms with E-state index in [1.54, 1.807) is 0 Å². The van der Waals surface area contributed by atoms with Gasteiger partial charge in [-0.05, 0) is 42.5 Å². The van der Waals surface area contributed by atoms with Crippen LogP contribution in [0.2, 0.25) is 5.02 Å². The summed E-state index contributed by atoms with van der Waals surface area (Å²) in [5.74, 6) is 4.06. The highest BCUT2D eigenvalue weighted by molar-refractivity contribution is 6.32. The van der Waals surface area contributed by atoms with Crippen LogP contribution in [-0.4, -0.2) is 39.1 Å². The fourth-order valence-corrected chi connectivity index (χ4v) is 4.64. The van der Waals surface area contributed by atoms with Crippen molar-refractivity contribution in [2.75, 3.05) is 19.7 Å². The summed E-state index contributed by atoms with van der Waals surface area (Å²) in [6.07, 6.45) is 3.66. The normalized spacial score (nSPS) is 24.3. The number of hydrogen-bond donors (Lipinski definition) is 0. The highest BCUT2D eigenvalue weighted by Crippen LogP contribution is 2.52. The minimum atomic E-state index is 0.655. The molecule has 3 heterocycles. The first-order chi connectivity index (χ1) is 13.1. The molecule has 1 aromatic carbocycles. The molecule has 3 aromatic rings. The van der Waals surface area contributed by atoms with Crippen molar-refractivity contribution >= 4 is 22.6 Å². The van der Waals surface area contributed by atoms with Crippen LogP contribution in [0.4, 0.5) is 0 Å². The van der Waals surface area contributed by atoms with Gasteiger partial charge in [0.1, 0.15) is 17.1 Å². The summed E-state index contributed by atoms with van der Waals surface area (Å²) >= 11 is 6.24. The molecule has 27 heavy (non-hydrogen) atoms. The summed E-state index contributed by atoms with van der Waals surface area (Å²) in [4.78, 5) is 11.4. The Morgan fingerprint density at radius 3 is 2.81 bits per heavy atom. The number of aromatic nitrogens is 3. The second-order valence-electron chi connectivity index (χ2n) is 7.88. The van der Waals surface area contributed by atoms with Crippen molar-refractivity contribution in [1.82, 2.24) is 19.4 Å².